The fourth-order valence-electron chi connectivity index (χ4n) is 5.09. The van der Waals surface area contributed by atoms with E-state index in [1.807, 2.05) is 68.1 Å². The molecule has 1 aromatic heterocycles. The smallest absolute Gasteiger partial charge is 0.338 e. The van der Waals surface area contributed by atoms with Crippen LogP contribution in [0.5, 0.6) is 0 Å². The summed E-state index contributed by atoms with van der Waals surface area (Å²) in [6.07, 6.45) is 2.65. The Bertz CT molecular complexity index is 1240. The fourth-order valence-corrected chi connectivity index (χ4v) is 6.32. The highest BCUT2D eigenvalue weighted by Gasteiger charge is 2.36. The Kier molecular flexibility index (Phi) is 8.44. The van der Waals surface area contributed by atoms with Crippen molar-refractivity contribution in [2.45, 2.75) is 52.5 Å². The minimum Gasteiger partial charge on any atom is -0.478 e. The molecule has 6 nitrogen and oxygen atoms in total. The average molecular weight is 519 g/mol. The van der Waals surface area contributed by atoms with Crippen LogP contribution in [0, 0.1) is 12.8 Å². The number of carbonyl (C=O) groups excluding carboxylic acids is 2. The molecule has 0 radical (unpaired) electrons. The van der Waals surface area contributed by atoms with Crippen molar-refractivity contribution in [3.05, 3.63) is 77.4 Å². The third-order valence-corrected chi connectivity index (χ3v) is 8.41. The van der Waals surface area contributed by atoms with E-state index in [1.54, 1.807) is 23.1 Å². The number of hydrogen-bond donors (Lipinski definition) is 1. The maximum atomic E-state index is 14.0. The molecule has 0 spiro atoms. The molecule has 2 aromatic carbocycles. The van der Waals surface area contributed by atoms with Gasteiger partial charge in [-0.15, -0.1) is 11.3 Å². The third kappa shape index (κ3) is 5.77. The van der Waals surface area contributed by atoms with Gasteiger partial charge in [-0.3, -0.25) is 14.5 Å². The molecule has 0 atom stereocenters. The summed E-state index contributed by atoms with van der Waals surface area (Å²) in [5.74, 6) is -1.15. The largest absolute Gasteiger partial charge is 0.478 e. The molecule has 4 rings (SSSR count). The molecule has 194 valence electrons. The molecule has 0 aliphatic heterocycles. The number of rotatable bonds is 8. The van der Waals surface area contributed by atoms with Crippen LogP contribution in [0.2, 0.25) is 0 Å². The Morgan fingerprint density at radius 1 is 0.919 bits per heavy atom. The predicted octanol–water partition coefficient (Wildman–Crippen LogP) is 6.50. The first-order valence-corrected chi connectivity index (χ1v) is 13.8. The van der Waals surface area contributed by atoms with Gasteiger partial charge in [0.1, 0.15) is 5.00 Å². The highest BCUT2D eigenvalue weighted by atomic mass is 32.1. The fraction of sp³-hybridized carbons (Fsp3) is 0.367. The number of aryl methyl sites for hydroxylation is 1. The van der Waals surface area contributed by atoms with Crippen LogP contribution in [0.3, 0.4) is 0 Å². The number of hydrogen-bond acceptors (Lipinski definition) is 4. The van der Waals surface area contributed by atoms with Crippen molar-refractivity contribution in [3.8, 4) is 10.4 Å². The molecule has 1 N–H and O–H groups in total. The van der Waals surface area contributed by atoms with Gasteiger partial charge in [0.25, 0.3) is 5.91 Å². The second kappa shape index (κ2) is 11.7. The Labute approximate surface area is 222 Å². The molecule has 3 aromatic rings. The number of amides is 2. The minimum absolute atomic E-state index is 0.0605. The van der Waals surface area contributed by atoms with E-state index in [0.717, 1.165) is 16.0 Å². The monoisotopic (exact) mass is 518 g/mol. The quantitative estimate of drug-likeness (QED) is 0.369. The van der Waals surface area contributed by atoms with Gasteiger partial charge in [0, 0.05) is 35.5 Å². The molecule has 7 heteroatoms. The number of nitrogens with zero attached hydrogens (tertiary/aromatic N) is 2. The topological polar surface area (TPSA) is 77.9 Å². The van der Waals surface area contributed by atoms with Gasteiger partial charge in [-0.2, -0.15) is 0 Å². The Hall–Kier alpha value is -3.45. The van der Waals surface area contributed by atoms with Gasteiger partial charge in [0.2, 0.25) is 5.91 Å². The van der Waals surface area contributed by atoms with Crippen LogP contribution in [0.4, 0.5) is 5.00 Å². The van der Waals surface area contributed by atoms with Crippen molar-refractivity contribution >= 4 is 34.1 Å². The van der Waals surface area contributed by atoms with Gasteiger partial charge in [0.15, 0.2) is 0 Å². The lowest BCUT2D eigenvalue weighted by Crippen LogP contribution is -2.45. The summed E-state index contributed by atoms with van der Waals surface area (Å²) in [6.45, 7) is 7.32. The van der Waals surface area contributed by atoms with Gasteiger partial charge < -0.3 is 10.0 Å². The van der Waals surface area contributed by atoms with Crippen LogP contribution in [-0.2, 0) is 4.79 Å². The standard InChI is InChI=1S/C30H34N2O4S/c1-4-31(5-2)27(33)22-15-17-24(18-16-22)32(28(34)23-13-11-20(3)12-14-23)29-25(30(35)36)19-26(37-29)21-9-7-6-8-10-21/h6-14,19,22,24H,4-5,15-18H2,1-3H3,(H,35,36). The molecule has 0 bridgehead atoms. The summed E-state index contributed by atoms with van der Waals surface area (Å²) in [5, 5.41) is 10.6. The maximum absolute atomic E-state index is 14.0. The number of carboxylic acid groups (broad SMARTS) is 1. The molecular weight excluding hydrogens is 484 g/mol. The molecule has 37 heavy (non-hydrogen) atoms. The second-order valence-electron chi connectivity index (χ2n) is 9.56. The SMILES string of the molecule is CCN(CC)C(=O)C1CCC(N(C(=O)c2ccc(C)cc2)c2sc(-c3ccccc3)cc2C(=O)O)CC1. The highest BCUT2D eigenvalue weighted by molar-refractivity contribution is 7.20. The Balaban J connectivity index is 1.71. The summed E-state index contributed by atoms with van der Waals surface area (Å²) >= 11 is 1.34. The lowest BCUT2D eigenvalue weighted by atomic mass is 9.84. The van der Waals surface area contributed by atoms with Crippen molar-refractivity contribution < 1.29 is 19.5 Å². The zero-order valence-electron chi connectivity index (χ0n) is 21.6. The predicted molar refractivity (Wildman–Crippen MR) is 148 cm³/mol. The van der Waals surface area contributed by atoms with Crippen molar-refractivity contribution in [1.29, 1.82) is 0 Å². The lowest BCUT2D eigenvalue weighted by Gasteiger charge is -2.37. The van der Waals surface area contributed by atoms with E-state index in [1.165, 1.54) is 11.3 Å². The molecule has 0 saturated heterocycles. The second-order valence-corrected chi connectivity index (χ2v) is 10.6. The molecule has 1 saturated carbocycles. The summed E-state index contributed by atoms with van der Waals surface area (Å²) in [5.41, 5.74) is 2.62. The van der Waals surface area contributed by atoms with Crippen LogP contribution >= 0.6 is 11.3 Å². The van der Waals surface area contributed by atoms with E-state index in [2.05, 4.69) is 0 Å². The average Bonchev–Trinajstić information content (AvgIpc) is 3.36. The first-order chi connectivity index (χ1) is 17.8. The molecule has 1 aliphatic rings. The molecule has 1 aliphatic carbocycles. The number of benzene rings is 2. The summed E-state index contributed by atoms with van der Waals surface area (Å²) < 4.78 is 0. The van der Waals surface area contributed by atoms with Gasteiger partial charge in [-0.25, -0.2) is 4.79 Å². The van der Waals surface area contributed by atoms with Crippen molar-refractivity contribution in [2.24, 2.45) is 5.92 Å². The van der Waals surface area contributed by atoms with Gasteiger partial charge in [0.05, 0.1) is 5.56 Å². The lowest BCUT2D eigenvalue weighted by molar-refractivity contribution is -0.136. The molecular formula is C30H34N2O4S. The zero-order chi connectivity index (χ0) is 26.5. The van der Waals surface area contributed by atoms with E-state index >= 15 is 0 Å². The molecule has 1 fully saturated rings. The van der Waals surface area contributed by atoms with E-state index in [-0.39, 0.29) is 29.3 Å². The summed E-state index contributed by atoms with van der Waals surface area (Å²) in [6, 6.07) is 18.5. The van der Waals surface area contributed by atoms with Crippen LogP contribution < -0.4 is 4.90 Å². The molecule has 1 heterocycles. The van der Waals surface area contributed by atoms with E-state index < -0.39 is 5.97 Å². The van der Waals surface area contributed by atoms with Gasteiger partial charge >= 0.3 is 5.97 Å². The van der Waals surface area contributed by atoms with Crippen LogP contribution in [0.15, 0.2) is 60.7 Å². The number of anilines is 1. The third-order valence-electron chi connectivity index (χ3n) is 7.22. The first kappa shape index (κ1) is 26.6. The Morgan fingerprint density at radius 2 is 1.54 bits per heavy atom. The number of carbonyl (C=O) groups is 3. The normalized spacial score (nSPS) is 17.3. The maximum Gasteiger partial charge on any atom is 0.338 e. The van der Waals surface area contributed by atoms with Crippen LogP contribution in [-0.4, -0.2) is 46.9 Å². The minimum atomic E-state index is -1.06. The van der Waals surface area contributed by atoms with Crippen LogP contribution in [0.25, 0.3) is 10.4 Å². The Morgan fingerprint density at radius 3 is 2.11 bits per heavy atom. The number of thiophene rings is 1. The van der Waals surface area contributed by atoms with E-state index in [9.17, 15) is 19.5 Å². The highest BCUT2D eigenvalue weighted by Crippen LogP contribution is 2.42. The zero-order valence-corrected chi connectivity index (χ0v) is 22.5. The van der Waals surface area contributed by atoms with Crippen molar-refractivity contribution in [2.75, 3.05) is 18.0 Å². The van der Waals surface area contributed by atoms with E-state index in [0.29, 0.717) is 49.3 Å². The number of carboxylic acids is 1. The molecule has 0 unspecified atom stereocenters. The van der Waals surface area contributed by atoms with Crippen molar-refractivity contribution in [3.63, 3.8) is 0 Å². The molecule has 2 amide bonds. The van der Waals surface area contributed by atoms with E-state index in [4.69, 9.17) is 0 Å². The summed E-state index contributed by atoms with van der Waals surface area (Å²) in [4.78, 5) is 43.7. The number of aromatic carboxylic acids is 1. The summed E-state index contributed by atoms with van der Waals surface area (Å²) in [7, 11) is 0. The first-order valence-electron chi connectivity index (χ1n) is 13.0. The van der Waals surface area contributed by atoms with Gasteiger partial charge in [-0.1, -0.05) is 48.0 Å². The van der Waals surface area contributed by atoms with Crippen LogP contribution in [0.1, 0.15) is 65.8 Å². The van der Waals surface area contributed by atoms with Crippen molar-refractivity contribution in [1.82, 2.24) is 4.90 Å². The van der Waals surface area contributed by atoms with Gasteiger partial charge in [-0.05, 0) is 70.2 Å².